The van der Waals surface area contributed by atoms with Crippen LogP contribution in [-0.4, -0.2) is 24.6 Å². The third-order valence-corrected chi connectivity index (χ3v) is 5.39. The van der Waals surface area contributed by atoms with Crippen LogP contribution in [0.15, 0.2) is 24.3 Å². The molecule has 21 heavy (non-hydrogen) atoms. The fourth-order valence-electron chi connectivity index (χ4n) is 4.34. The van der Waals surface area contributed by atoms with Crippen molar-refractivity contribution in [3.05, 3.63) is 24.3 Å². The normalized spacial score (nSPS) is 38.5. The van der Waals surface area contributed by atoms with E-state index < -0.39 is 0 Å². The van der Waals surface area contributed by atoms with E-state index in [1.54, 1.807) is 0 Å². The maximum atomic E-state index is 11.9. The molecule has 3 rings (SSSR count). The van der Waals surface area contributed by atoms with Crippen LogP contribution in [0.25, 0.3) is 0 Å². The monoisotopic (exact) mass is 290 g/mol. The van der Waals surface area contributed by atoms with Gasteiger partial charge >= 0.3 is 11.9 Å². The number of allylic oxidation sites excluding steroid dienone is 1. The van der Waals surface area contributed by atoms with Crippen LogP contribution in [0.3, 0.4) is 0 Å². The molecule has 114 valence electrons. The molecule has 0 amide bonds. The van der Waals surface area contributed by atoms with E-state index in [0.29, 0.717) is 18.1 Å². The first kappa shape index (κ1) is 14.4. The van der Waals surface area contributed by atoms with Crippen molar-refractivity contribution in [2.24, 2.45) is 23.7 Å². The van der Waals surface area contributed by atoms with Gasteiger partial charge < -0.3 is 9.47 Å². The van der Waals surface area contributed by atoms with E-state index in [1.807, 2.05) is 0 Å². The molecule has 0 spiro atoms. The topological polar surface area (TPSA) is 52.6 Å². The number of carbonyl (C=O) groups excluding carboxylic acids is 2. The lowest BCUT2D eigenvalue weighted by Crippen LogP contribution is -2.34. The van der Waals surface area contributed by atoms with Crippen LogP contribution < -0.4 is 0 Å². The molecule has 4 nitrogen and oxygen atoms in total. The zero-order chi connectivity index (χ0) is 15.1. The number of esters is 2. The average molecular weight is 290 g/mol. The smallest absolute Gasteiger partial charge is 0.334 e. The van der Waals surface area contributed by atoms with Gasteiger partial charge in [0.25, 0.3) is 0 Å². The standard InChI is InChI=1S/C17H22O4/c1-9-4-6-14-10(2)17(19)21-16(14)15-12(5-7-13(9)15)8-20-11(3)18/h12-16H,1-2,4-8H2,3H3. The Morgan fingerprint density at radius 1 is 1.29 bits per heavy atom. The summed E-state index contributed by atoms with van der Waals surface area (Å²) in [6.45, 7) is 9.99. The second kappa shape index (κ2) is 5.32. The Bertz CT molecular complexity index is 507. The van der Waals surface area contributed by atoms with Crippen LogP contribution >= 0.6 is 0 Å². The Kier molecular flexibility index (Phi) is 3.64. The summed E-state index contributed by atoms with van der Waals surface area (Å²) in [5.74, 6) is 0.429. The van der Waals surface area contributed by atoms with Gasteiger partial charge in [-0.2, -0.15) is 0 Å². The summed E-state index contributed by atoms with van der Waals surface area (Å²) in [5.41, 5.74) is 1.86. The van der Waals surface area contributed by atoms with Crippen LogP contribution in [0.4, 0.5) is 0 Å². The fourth-order valence-corrected chi connectivity index (χ4v) is 4.34. The van der Waals surface area contributed by atoms with Crippen LogP contribution in [-0.2, 0) is 19.1 Å². The second-order valence-electron chi connectivity index (χ2n) is 6.52. The molecule has 1 heterocycles. The number of carbonyl (C=O) groups is 2. The number of rotatable bonds is 2. The van der Waals surface area contributed by atoms with Gasteiger partial charge in [0.2, 0.25) is 0 Å². The van der Waals surface area contributed by atoms with E-state index in [1.165, 1.54) is 12.5 Å². The van der Waals surface area contributed by atoms with Gasteiger partial charge in [-0.3, -0.25) is 4.79 Å². The van der Waals surface area contributed by atoms with Gasteiger partial charge in [0.05, 0.1) is 6.61 Å². The number of fused-ring (bicyclic) bond motifs is 3. The molecule has 2 saturated carbocycles. The first-order valence-electron chi connectivity index (χ1n) is 7.70. The molecule has 0 radical (unpaired) electrons. The first-order valence-corrected chi connectivity index (χ1v) is 7.70. The van der Waals surface area contributed by atoms with Crippen LogP contribution in [0.1, 0.15) is 32.6 Å². The van der Waals surface area contributed by atoms with E-state index in [9.17, 15) is 9.59 Å². The Morgan fingerprint density at radius 3 is 2.76 bits per heavy atom. The minimum atomic E-state index is -0.255. The van der Waals surface area contributed by atoms with Crippen molar-refractivity contribution in [1.29, 1.82) is 0 Å². The van der Waals surface area contributed by atoms with Crippen molar-refractivity contribution in [3.63, 3.8) is 0 Å². The third-order valence-electron chi connectivity index (χ3n) is 5.39. The van der Waals surface area contributed by atoms with Gasteiger partial charge in [-0.25, -0.2) is 4.79 Å². The highest BCUT2D eigenvalue weighted by Gasteiger charge is 2.52. The molecule has 0 aromatic rings. The van der Waals surface area contributed by atoms with Crippen LogP contribution in [0, 0.1) is 23.7 Å². The molecule has 1 saturated heterocycles. The lowest BCUT2D eigenvalue weighted by Gasteiger charge is -2.30. The van der Waals surface area contributed by atoms with Gasteiger partial charge in [-0.15, -0.1) is 0 Å². The number of hydrogen-bond acceptors (Lipinski definition) is 4. The molecule has 0 aromatic carbocycles. The molecule has 3 fully saturated rings. The summed E-state index contributed by atoms with van der Waals surface area (Å²) in [6.07, 6.45) is 3.74. The zero-order valence-corrected chi connectivity index (χ0v) is 12.5. The number of ether oxygens (including phenoxy) is 2. The Labute approximate surface area is 125 Å². The van der Waals surface area contributed by atoms with E-state index in [-0.39, 0.29) is 35.8 Å². The predicted octanol–water partition coefficient (Wildman–Crippen LogP) is 2.64. The first-order chi connectivity index (χ1) is 9.99. The van der Waals surface area contributed by atoms with Gasteiger partial charge in [0.1, 0.15) is 6.10 Å². The Hall–Kier alpha value is -1.58. The van der Waals surface area contributed by atoms with Gasteiger partial charge in [-0.05, 0) is 31.6 Å². The van der Waals surface area contributed by atoms with Crippen molar-refractivity contribution in [2.75, 3.05) is 6.61 Å². The highest BCUT2D eigenvalue weighted by atomic mass is 16.6. The molecular formula is C17H22O4. The molecule has 0 aromatic heterocycles. The molecule has 1 aliphatic heterocycles. The zero-order valence-electron chi connectivity index (χ0n) is 12.5. The molecule has 3 aliphatic rings. The molecule has 0 bridgehead atoms. The van der Waals surface area contributed by atoms with Crippen molar-refractivity contribution < 1.29 is 19.1 Å². The SMILES string of the molecule is C=C1C(=O)OC2C1CCC(=C)C1CCC(COC(C)=O)C12. The molecule has 0 N–H and O–H groups in total. The highest BCUT2D eigenvalue weighted by molar-refractivity contribution is 5.90. The summed E-state index contributed by atoms with van der Waals surface area (Å²) in [5, 5.41) is 0. The minimum Gasteiger partial charge on any atom is -0.466 e. The summed E-state index contributed by atoms with van der Waals surface area (Å²) in [6, 6.07) is 0. The summed E-state index contributed by atoms with van der Waals surface area (Å²) in [4.78, 5) is 23.0. The Balaban J connectivity index is 1.85. The maximum absolute atomic E-state index is 11.9. The van der Waals surface area contributed by atoms with Gasteiger partial charge in [0.15, 0.2) is 0 Å². The van der Waals surface area contributed by atoms with E-state index in [2.05, 4.69) is 13.2 Å². The lowest BCUT2D eigenvalue weighted by molar-refractivity contribution is -0.147. The molecule has 4 heteroatoms. The van der Waals surface area contributed by atoms with Gasteiger partial charge in [-0.1, -0.05) is 18.7 Å². The predicted molar refractivity (Wildman–Crippen MR) is 77.2 cm³/mol. The summed E-state index contributed by atoms with van der Waals surface area (Å²) in [7, 11) is 0. The van der Waals surface area contributed by atoms with Crippen LogP contribution in [0.2, 0.25) is 0 Å². The largest absolute Gasteiger partial charge is 0.466 e. The lowest BCUT2D eigenvalue weighted by atomic mass is 9.79. The van der Waals surface area contributed by atoms with Gasteiger partial charge in [0, 0.05) is 30.3 Å². The molecule has 5 atom stereocenters. The molecule has 2 aliphatic carbocycles. The fraction of sp³-hybridized carbons (Fsp3) is 0.647. The average Bonchev–Trinajstić information content (AvgIpc) is 2.93. The van der Waals surface area contributed by atoms with E-state index in [4.69, 9.17) is 9.47 Å². The summed E-state index contributed by atoms with van der Waals surface area (Å²) < 4.78 is 10.9. The maximum Gasteiger partial charge on any atom is 0.334 e. The minimum absolute atomic E-state index is 0.0992. The second-order valence-corrected chi connectivity index (χ2v) is 6.52. The molecule has 5 unspecified atom stereocenters. The van der Waals surface area contributed by atoms with Crippen molar-refractivity contribution in [1.82, 2.24) is 0 Å². The number of hydrogen-bond donors (Lipinski definition) is 0. The quantitative estimate of drug-likeness (QED) is 0.446. The van der Waals surface area contributed by atoms with Crippen LogP contribution in [0.5, 0.6) is 0 Å². The van der Waals surface area contributed by atoms with Crippen molar-refractivity contribution >= 4 is 11.9 Å². The third kappa shape index (κ3) is 2.41. The van der Waals surface area contributed by atoms with E-state index >= 15 is 0 Å². The van der Waals surface area contributed by atoms with Crippen molar-refractivity contribution in [3.8, 4) is 0 Å². The summed E-state index contributed by atoms with van der Waals surface area (Å²) >= 11 is 0. The van der Waals surface area contributed by atoms with E-state index in [0.717, 1.165) is 25.7 Å². The highest BCUT2D eigenvalue weighted by Crippen LogP contribution is 2.52. The molecular weight excluding hydrogens is 268 g/mol. The Morgan fingerprint density at radius 2 is 2.05 bits per heavy atom. The van der Waals surface area contributed by atoms with Crippen molar-refractivity contribution in [2.45, 2.75) is 38.7 Å².